The van der Waals surface area contributed by atoms with E-state index in [1.54, 1.807) is 11.3 Å². The Morgan fingerprint density at radius 3 is 2.76 bits per heavy atom. The summed E-state index contributed by atoms with van der Waals surface area (Å²) in [5.74, 6) is 2.71. The molecule has 6 nitrogen and oxygen atoms in total. The monoisotopic (exact) mass is 422 g/mol. The van der Waals surface area contributed by atoms with Crippen molar-refractivity contribution in [1.29, 1.82) is 0 Å². The number of nitrogens with zero attached hydrogens (tertiary/aromatic N) is 4. The van der Waals surface area contributed by atoms with E-state index < -0.39 is 0 Å². The van der Waals surface area contributed by atoms with Gasteiger partial charge in [0, 0.05) is 10.4 Å². The van der Waals surface area contributed by atoms with Crippen LogP contribution in [0.2, 0.25) is 0 Å². The highest BCUT2D eigenvalue weighted by molar-refractivity contribution is 7.98. The number of anilines is 1. The summed E-state index contributed by atoms with van der Waals surface area (Å²) >= 11 is 3.31. The standard InChI is InChI=1S/C21H22N6S2/c1-12-7-9-13(10-8-12)19-25-21(27-26-19)28-11-16-23-18(22)17-14-5-3-2-4-6-15(14)29-20(17)24-16/h7-10H,2-6,11H2,1H3,(H2,22,23,24)(H,25,26,27). The van der Waals surface area contributed by atoms with Crippen molar-refractivity contribution in [2.75, 3.05) is 5.73 Å². The average molecular weight is 423 g/mol. The minimum atomic E-state index is 0.591. The molecule has 1 aromatic carbocycles. The molecule has 0 atom stereocenters. The number of hydrogen-bond donors (Lipinski definition) is 2. The molecule has 0 saturated heterocycles. The number of thioether (sulfide) groups is 1. The fourth-order valence-corrected chi connectivity index (χ4v) is 5.69. The molecule has 0 aliphatic heterocycles. The highest BCUT2D eigenvalue weighted by Gasteiger charge is 2.19. The predicted molar refractivity (Wildman–Crippen MR) is 119 cm³/mol. The molecular weight excluding hydrogens is 400 g/mol. The molecule has 0 unspecified atom stereocenters. The Hall–Kier alpha value is -2.45. The number of nitrogens with two attached hydrogens (primary N) is 1. The van der Waals surface area contributed by atoms with Gasteiger partial charge in [-0.1, -0.05) is 48.0 Å². The molecule has 148 valence electrons. The van der Waals surface area contributed by atoms with Crippen molar-refractivity contribution in [1.82, 2.24) is 25.1 Å². The van der Waals surface area contributed by atoms with Crippen molar-refractivity contribution < 1.29 is 0 Å². The van der Waals surface area contributed by atoms with E-state index in [1.165, 1.54) is 47.0 Å². The lowest BCUT2D eigenvalue weighted by Gasteiger charge is -2.03. The number of hydrogen-bond acceptors (Lipinski definition) is 7. The van der Waals surface area contributed by atoms with Crippen LogP contribution in [0.4, 0.5) is 5.82 Å². The Kier molecular flexibility index (Phi) is 4.97. The van der Waals surface area contributed by atoms with E-state index >= 15 is 0 Å². The van der Waals surface area contributed by atoms with Gasteiger partial charge in [0.05, 0.1) is 11.1 Å². The van der Waals surface area contributed by atoms with Gasteiger partial charge in [-0.2, -0.15) is 0 Å². The Bertz CT molecular complexity index is 1160. The summed E-state index contributed by atoms with van der Waals surface area (Å²) in [7, 11) is 0. The molecule has 29 heavy (non-hydrogen) atoms. The fourth-order valence-electron chi connectivity index (χ4n) is 3.75. The SMILES string of the molecule is Cc1ccc(-c2nc(SCc3nc(N)c4c5c(sc4n3)CCCCC5)n[nH]2)cc1. The van der Waals surface area contributed by atoms with Crippen molar-refractivity contribution in [3.63, 3.8) is 0 Å². The topological polar surface area (TPSA) is 93.4 Å². The number of rotatable bonds is 4. The summed E-state index contributed by atoms with van der Waals surface area (Å²) in [6, 6.07) is 8.23. The van der Waals surface area contributed by atoms with Crippen molar-refractivity contribution >= 4 is 39.1 Å². The summed E-state index contributed by atoms with van der Waals surface area (Å²) in [5, 5.41) is 9.10. The van der Waals surface area contributed by atoms with E-state index in [9.17, 15) is 0 Å². The zero-order valence-corrected chi connectivity index (χ0v) is 17.9. The van der Waals surface area contributed by atoms with E-state index in [-0.39, 0.29) is 0 Å². The lowest BCUT2D eigenvalue weighted by atomic mass is 10.1. The zero-order valence-electron chi connectivity index (χ0n) is 16.2. The molecule has 0 fully saturated rings. The largest absolute Gasteiger partial charge is 0.383 e. The number of benzene rings is 1. The first-order valence-electron chi connectivity index (χ1n) is 9.86. The van der Waals surface area contributed by atoms with Crippen molar-refractivity contribution in [2.24, 2.45) is 0 Å². The van der Waals surface area contributed by atoms with Crippen LogP contribution in [0.15, 0.2) is 29.4 Å². The summed E-state index contributed by atoms with van der Waals surface area (Å²) in [4.78, 5) is 16.4. The van der Waals surface area contributed by atoms with E-state index in [0.29, 0.717) is 16.7 Å². The van der Waals surface area contributed by atoms with Gasteiger partial charge in [-0.25, -0.2) is 15.0 Å². The van der Waals surface area contributed by atoms with Crippen LogP contribution in [-0.4, -0.2) is 25.1 Å². The number of aryl methyl sites for hydroxylation is 3. The first-order valence-corrected chi connectivity index (χ1v) is 11.7. The normalized spacial score (nSPS) is 14.1. The summed E-state index contributed by atoms with van der Waals surface area (Å²) in [6.45, 7) is 2.07. The van der Waals surface area contributed by atoms with Crippen LogP contribution in [0.1, 0.15) is 41.1 Å². The first-order chi connectivity index (χ1) is 14.2. The van der Waals surface area contributed by atoms with Crippen LogP contribution in [0.5, 0.6) is 0 Å². The van der Waals surface area contributed by atoms with Crippen LogP contribution in [0.3, 0.4) is 0 Å². The first kappa shape index (κ1) is 18.6. The molecular formula is C21H22N6S2. The molecule has 1 aliphatic rings. The van der Waals surface area contributed by atoms with E-state index in [1.807, 2.05) is 12.1 Å². The van der Waals surface area contributed by atoms with Gasteiger partial charge >= 0.3 is 0 Å². The molecule has 1 aliphatic carbocycles. The van der Waals surface area contributed by atoms with Crippen LogP contribution >= 0.6 is 23.1 Å². The number of fused-ring (bicyclic) bond motifs is 3. The quantitative estimate of drug-likeness (QED) is 0.358. The third-order valence-electron chi connectivity index (χ3n) is 5.26. The molecule has 3 heterocycles. The second-order valence-electron chi connectivity index (χ2n) is 7.39. The van der Waals surface area contributed by atoms with Crippen LogP contribution < -0.4 is 5.73 Å². The van der Waals surface area contributed by atoms with Gasteiger partial charge in [0.15, 0.2) is 5.82 Å². The number of aromatic amines is 1. The molecule has 8 heteroatoms. The summed E-state index contributed by atoms with van der Waals surface area (Å²) in [6.07, 6.45) is 6.00. The molecule has 3 N–H and O–H groups in total. The summed E-state index contributed by atoms with van der Waals surface area (Å²) in [5.41, 5.74) is 9.98. The second kappa shape index (κ2) is 7.76. The van der Waals surface area contributed by atoms with Gasteiger partial charge in [0.2, 0.25) is 5.16 Å². The van der Waals surface area contributed by atoms with E-state index in [0.717, 1.165) is 40.3 Å². The Morgan fingerprint density at radius 2 is 1.90 bits per heavy atom. The van der Waals surface area contributed by atoms with Gasteiger partial charge < -0.3 is 5.73 Å². The number of H-pyrrole nitrogens is 1. The Balaban J connectivity index is 1.35. The highest BCUT2D eigenvalue weighted by Crippen LogP contribution is 2.37. The smallest absolute Gasteiger partial charge is 0.209 e. The van der Waals surface area contributed by atoms with Crippen molar-refractivity contribution in [3.8, 4) is 11.4 Å². The molecule has 3 aromatic heterocycles. The van der Waals surface area contributed by atoms with Crippen LogP contribution in [-0.2, 0) is 18.6 Å². The Labute approximate surface area is 177 Å². The highest BCUT2D eigenvalue weighted by atomic mass is 32.2. The van der Waals surface area contributed by atoms with Crippen molar-refractivity contribution in [2.45, 2.75) is 49.9 Å². The van der Waals surface area contributed by atoms with Gasteiger partial charge in [0.25, 0.3) is 0 Å². The van der Waals surface area contributed by atoms with Crippen molar-refractivity contribution in [3.05, 3.63) is 46.1 Å². The number of aromatic nitrogens is 5. The number of thiophene rings is 1. The number of nitrogen functional groups attached to an aromatic ring is 1. The van der Waals surface area contributed by atoms with Crippen LogP contribution in [0, 0.1) is 6.92 Å². The minimum absolute atomic E-state index is 0.591. The van der Waals surface area contributed by atoms with Gasteiger partial charge in [-0.3, -0.25) is 5.10 Å². The molecule has 5 rings (SSSR count). The molecule has 0 radical (unpaired) electrons. The number of nitrogens with one attached hydrogen (secondary N) is 1. The molecule has 0 bridgehead atoms. The molecule has 4 aromatic rings. The maximum absolute atomic E-state index is 6.35. The molecule has 0 spiro atoms. The maximum atomic E-state index is 6.35. The lowest BCUT2D eigenvalue weighted by molar-refractivity contribution is 0.713. The van der Waals surface area contributed by atoms with E-state index in [2.05, 4.69) is 39.2 Å². The van der Waals surface area contributed by atoms with E-state index in [4.69, 9.17) is 10.7 Å². The fraction of sp³-hybridized carbons (Fsp3) is 0.333. The van der Waals surface area contributed by atoms with Gasteiger partial charge in [0.1, 0.15) is 16.5 Å². The third kappa shape index (κ3) is 3.74. The molecule has 0 amide bonds. The van der Waals surface area contributed by atoms with Gasteiger partial charge in [-0.05, 0) is 38.2 Å². The predicted octanol–water partition coefficient (Wildman–Crippen LogP) is 4.93. The lowest BCUT2D eigenvalue weighted by Crippen LogP contribution is -2.00. The summed E-state index contributed by atoms with van der Waals surface area (Å²) < 4.78 is 0. The third-order valence-corrected chi connectivity index (χ3v) is 7.29. The van der Waals surface area contributed by atoms with Crippen LogP contribution in [0.25, 0.3) is 21.6 Å². The molecule has 0 saturated carbocycles. The zero-order chi connectivity index (χ0) is 19.8. The maximum Gasteiger partial charge on any atom is 0.209 e. The Morgan fingerprint density at radius 1 is 1.07 bits per heavy atom. The average Bonchev–Trinajstić information content (AvgIpc) is 3.25. The second-order valence-corrected chi connectivity index (χ2v) is 9.42. The minimum Gasteiger partial charge on any atom is -0.383 e. The van der Waals surface area contributed by atoms with Gasteiger partial charge in [-0.15, -0.1) is 16.4 Å².